The Bertz CT molecular complexity index is 430. The molecule has 0 radical (unpaired) electrons. The van der Waals surface area contributed by atoms with Crippen molar-refractivity contribution in [2.24, 2.45) is 11.8 Å². The second-order valence-electron chi connectivity index (χ2n) is 5.73. The molecule has 92 valence electrons. The van der Waals surface area contributed by atoms with Crippen LogP contribution >= 0.6 is 0 Å². The topological polar surface area (TPSA) is 46.0 Å². The van der Waals surface area contributed by atoms with Crippen molar-refractivity contribution in [3.63, 3.8) is 0 Å². The third-order valence-electron chi connectivity index (χ3n) is 4.56. The fourth-order valence-corrected chi connectivity index (χ4v) is 3.64. The summed E-state index contributed by atoms with van der Waals surface area (Å²) in [7, 11) is 0. The number of aliphatic hydroxyl groups is 1. The van der Waals surface area contributed by atoms with Gasteiger partial charge in [0.15, 0.2) is 0 Å². The highest BCUT2D eigenvalue weighted by atomic mass is 16.3. The number of hydrogen-bond donors (Lipinski definition) is 1. The van der Waals surface area contributed by atoms with Gasteiger partial charge in [0.25, 0.3) is 0 Å². The summed E-state index contributed by atoms with van der Waals surface area (Å²) >= 11 is 0. The van der Waals surface area contributed by atoms with Crippen molar-refractivity contribution in [3.05, 3.63) is 23.3 Å². The van der Waals surface area contributed by atoms with Crippen LogP contribution in [0.2, 0.25) is 0 Å². The van der Waals surface area contributed by atoms with Gasteiger partial charge in [-0.1, -0.05) is 6.42 Å². The van der Waals surface area contributed by atoms with E-state index in [-0.39, 0.29) is 0 Å². The summed E-state index contributed by atoms with van der Waals surface area (Å²) in [4.78, 5) is 9.11. The van der Waals surface area contributed by atoms with E-state index in [1.807, 2.05) is 13.1 Å². The van der Waals surface area contributed by atoms with Crippen molar-refractivity contribution >= 4 is 0 Å². The monoisotopic (exact) mass is 232 g/mol. The molecule has 0 saturated heterocycles. The van der Waals surface area contributed by atoms with Crippen LogP contribution in [0.5, 0.6) is 0 Å². The van der Waals surface area contributed by atoms with Gasteiger partial charge in [0.05, 0.1) is 6.10 Å². The van der Waals surface area contributed by atoms with E-state index in [2.05, 4.69) is 9.97 Å². The Hall–Kier alpha value is -0.960. The standard InChI is InChI=1S/C14H20N2O/c1-8-13(9(2)17)7-15-14(16-8)12-6-10-3-4-11(12)5-10/h7,9-12,17H,3-6H2,1-2H3/t9-,10?,11?,12?/m1/s1. The fraction of sp³-hybridized carbons (Fsp3) is 0.714. The Morgan fingerprint density at radius 1 is 1.35 bits per heavy atom. The van der Waals surface area contributed by atoms with Gasteiger partial charge in [-0.2, -0.15) is 0 Å². The lowest BCUT2D eigenvalue weighted by molar-refractivity contribution is 0.197. The molecule has 1 heterocycles. The summed E-state index contributed by atoms with van der Waals surface area (Å²) in [5.41, 5.74) is 1.80. The molecule has 0 aromatic carbocycles. The summed E-state index contributed by atoms with van der Waals surface area (Å²) in [5, 5.41) is 9.59. The quantitative estimate of drug-likeness (QED) is 0.852. The first-order valence-electron chi connectivity index (χ1n) is 6.66. The third kappa shape index (κ3) is 1.86. The average Bonchev–Trinajstić information content (AvgIpc) is 2.89. The maximum Gasteiger partial charge on any atom is 0.131 e. The summed E-state index contributed by atoms with van der Waals surface area (Å²) < 4.78 is 0. The molecule has 3 nitrogen and oxygen atoms in total. The second-order valence-corrected chi connectivity index (χ2v) is 5.73. The van der Waals surface area contributed by atoms with E-state index in [1.54, 1.807) is 6.92 Å². The summed E-state index contributed by atoms with van der Waals surface area (Å²) in [6, 6.07) is 0. The molecular formula is C14H20N2O. The van der Waals surface area contributed by atoms with Crippen LogP contribution in [0.3, 0.4) is 0 Å². The van der Waals surface area contributed by atoms with Crippen LogP contribution < -0.4 is 0 Å². The minimum atomic E-state index is -0.468. The molecule has 1 aromatic rings. The zero-order chi connectivity index (χ0) is 12.0. The molecule has 4 atom stereocenters. The van der Waals surface area contributed by atoms with E-state index in [4.69, 9.17) is 0 Å². The Kier molecular flexibility index (Phi) is 2.66. The van der Waals surface area contributed by atoms with Gasteiger partial charge in [0.2, 0.25) is 0 Å². The van der Waals surface area contributed by atoms with Crippen molar-refractivity contribution in [1.29, 1.82) is 0 Å². The highest BCUT2D eigenvalue weighted by molar-refractivity contribution is 5.20. The number of fused-ring (bicyclic) bond motifs is 2. The Morgan fingerprint density at radius 3 is 2.71 bits per heavy atom. The van der Waals surface area contributed by atoms with Gasteiger partial charge in [-0.25, -0.2) is 9.97 Å². The highest BCUT2D eigenvalue weighted by Gasteiger charge is 2.41. The first-order valence-corrected chi connectivity index (χ1v) is 6.66. The van der Waals surface area contributed by atoms with Gasteiger partial charge < -0.3 is 5.11 Å². The summed E-state index contributed by atoms with van der Waals surface area (Å²) in [6.07, 6.45) is 6.77. The van der Waals surface area contributed by atoms with E-state index >= 15 is 0 Å². The number of aryl methyl sites for hydroxylation is 1. The smallest absolute Gasteiger partial charge is 0.131 e. The molecule has 0 aliphatic heterocycles. The molecule has 2 aliphatic rings. The summed E-state index contributed by atoms with van der Waals surface area (Å²) in [6.45, 7) is 3.74. The largest absolute Gasteiger partial charge is 0.389 e. The van der Waals surface area contributed by atoms with Crippen molar-refractivity contribution in [3.8, 4) is 0 Å². The minimum Gasteiger partial charge on any atom is -0.389 e. The van der Waals surface area contributed by atoms with Crippen molar-refractivity contribution in [2.45, 2.75) is 51.6 Å². The molecular weight excluding hydrogens is 212 g/mol. The lowest BCUT2D eigenvalue weighted by Crippen LogP contribution is -2.13. The lowest BCUT2D eigenvalue weighted by Gasteiger charge is -2.21. The molecule has 3 rings (SSSR count). The number of nitrogens with zero attached hydrogens (tertiary/aromatic N) is 2. The molecule has 0 amide bonds. The normalized spacial score (nSPS) is 33.0. The van der Waals surface area contributed by atoms with Gasteiger partial charge in [-0.05, 0) is 44.9 Å². The van der Waals surface area contributed by atoms with Crippen molar-refractivity contribution < 1.29 is 5.11 Å². The average molecular weight is 232 g/mol. The molecule has 2 bridgehead atoms. The van der Waals surface area contributed by atoms with Gasteiger partial charge in [0, 0.05) is 23.4 Å². The number of aliphatic hydroxyl groups excluding tert-OH is 1. The molecule has 17 heavy (non-hydrogen) atoms. The van der Waals surface area contributed by atoms with Crippen LogP contribution in [0.25, 0.3) is 0 Å². The van der Waals surface area contributed by atoms with Crippen LogP contribution in [0.15, 0.2) is 6.20 Å². The number of rotatable bonds is 2. The van der Waals surface area contributed by atoms with E-state index in [9.17, 15) is 5.11 Å². The van der Waals surface area contributed by atoms with Gasteiger partial charge in [-0.15, -0.1) is 0 Å². The molecule has 0 spiro atoms. The Balaban J connectivity index is 1.87. The number of hydrogen-bond acceptors (Lipinski definition) is 3. The molecule has 3 heteroatoms. The van der Waals surface area contributed by atoms with E-state index in [0.717, 1.165) is 28.9 Å². The van der Waals surface area contributed by atoms with Crippen molar-refractivity contribution in [1.82, 2.24) is 9.97 Å². The molecule has 2 saturated carbocycles. The van der Waals surface area contributed by atoms with Crippen LogP contribution in [-0.4, -0.2) is 15.1 Å². The van der Waals surface area contributed by atoms with E-state index in [1.165, 1.54) is 25.7 Å². The third-order valence-corrected chi connectivity index (χ3v) is 4.56. The lowest BCUT2D eigenvalue weighted by atomic mass is 9.88. The summed E-state index contributed by atoms with van der Waals surface area (Å²) in [5.74, 6) is 3.33. The predicted octanol–water partition coefficient (Wildman–Crippen LogP) is 2.74. The van der Waals surface area contributed by atoms with Crippen LogP contribution in [0, 0.1) is 18.8 Å². The molecule has 1 aromatic heterocycles. The molecule has 2 fully saturated rings. The number of aromatic nitrogens is 2. The zero-order valence-corrected chi connectivity index (χ0v) is 10.6. The Morgan fingerprint density at radius 2 is 2.18 bits per heavy atom. The first-order chi connectivity index (χ1) is 8.15. The Labute approximate surface area is 102 Å². The maximum atomic E-state index is 9.59. The minimum absolute atomic E-state index is 0.468. The van der Waals surface area contributed by atoms with Crippen molar-refractivity contribution in [2.75, 3.05) is 0 Å². The zero-order valence-electron chi connectivity index (χ0n) is 10.6. The molecule has 1 N–H and O–H groups in total. The van der Waals surface area contributed by atoms with Crippen LogP contribution in [0.4, 0.5) is 0 Å². The maximum absolute atomic E-state index is 9.59. The molecule has 2 aliphatic carbocycles. The van der Waals surface area contributed by atoms with E-state index < -0.39 is 6.10 Å². The van der Waals surface area contributed by atoms with Crippen LogP contribution in [0.1, 0.15) is 61.7 Å². The highest BCUT2D eigenvalue weighted by Crippen LogP contribution is 2.52. The molecule has 3 unspecified atom stereocenters. The predicted molar refractivity (Wildman–Crippen MR) is 65.6 cm³/mol. The van der Waals surface area contributed by atoms with E-state index in [0.29, 0.717) is 5.92 Å². The fourth-order valence-electron chi connectivity index (χ4n) is 3.64. The van der Waals surface area contributed by atoms with Crippen LogP contribution in [-0.2, 0) is 0 Å². The second kappa shape index (κ2) is 4.05. The SMILES string of the molecule is Cc1nc(C2CC3CCC2C3)ncc1[C@@H](C)O. The van der Waals surface area contributed by atoms with Gasteiger partial charge in [-0.3, -0.25) is 0 Å². The first kappa shape index (κ1) is 11.1. The van der Waals surface area contributed by atoms with Gasteiger partial charge in [0.1, 0.15) is 5.82 Å². The van der Waals surface area contributed by atoms with Gasteiger partial charge >= 0.3 is 0 Å².